The second-order valence-electron chi connectivity index (χ2n) is 8.06. The van der Waals surface area contributed by atoms with E-state index >= 15 is 0 Å². The Morgan fingerprint density at radius 1 is 1.13 bits per heavy atom. The second-order valence-corrected chi connectivity index (χ2v) is 8.98. The topological polar surface area (TPSA) is 65.4 Å². The summed E-state index contributed by atoms with van der Waals surface area (Å²) in [5.41, 5.74) is -0.0984. The maximum absolute atomic E-state index is 12.9. The van der Waals surface area contributed by atoms with Crippen molar-refractivity contribution in [2.45, 2.75) is 37.3 Å². The largest absolute Gasteiger partial charge is 0.457 e. The van der Waals surface area contributed by atoms with Crippen LogP contribution >= 0.6 is 15.9 Å². The summed E-state index contributed by atoms with van der Waals surface area (Å²) in [6, 6.07) is 15.1. The molecule has 0 aliphatic carbocycles. The summed E-state index contributed by atoms with van der Waals surface area (Å²) in [7, 11) is 1.94. The van der Waals surface area contributed by atoms with E-state index in [1.54, 1.807) is 12.1 Å². The third kappa shape index (κ3) is 4.84. The molecule has 30 heavy (non-hydrogen) atoms. The van der Waals surface area contributed by atoms with Crippen LogP contribution in [0.25, 0.3) is 0 Å². The van der Waals surface area contributed by atoms with E-state index in [4.69, 9.17) is 4.74 Å². The number of nitrogens with zero attached hydrogens (tertiary/aromatic N) is 3. The minimum Gasteiger partial charge on any atom is -0.457 e. The number of carbonyl (C=O) groups is 1. The predicted octanol–water partition coefficient (Wildman–Crippen LogP) is 4.29. The van der Waals surface area contributed by atoms with Gasteiger partial charge in [0.15, 0.2) is 0 Å². The van der Waals surface area contributed by atoms with Gasteiger partial charge in [0, 0.05) is 42.8 Å². The molecule has 2 heterocycles. The van der Waals surface area contributed by atoms with Crippen LogP contribution in [0.3, 0.4) is 0 Å². The zero-order chi connectivity index (χ0) is 21.1. The van der Waals surface area contributed by atoms with Crippen LogP contribution in [-0.4, -0.2) is 58.9 Å². The standard InChI is InChI=1S/C23H26BrN3O3/c1-26-19(10-13-25-26)16-23(29)11-14-27(15-12-23)22(28)17-2-6-20(7-3-17)30-21-8-4-18(24)5-9-21/h2-9,13,19,29H,10-12,14-16H2,1H3. The van der Waals surface area contributed by atoms with Crippen molar-refractivity contribution in [2.24, 2.45) is 5.10 Å². The van der Waals surface area contributed by atoms with Crippen LogP contribution in [0.5, 0.6) is 11.5 Å². The van der Waals surface area contributed by atoms with E-state index in [0.717, 1.165) is 16.6 Å². The molecule has 158 valence electrons. The van der Waals surface area contributed by atoms with Crippen molar-refractivity contribution in [3.8, 4) is 11.5 Å². The van der Waals surface area contributed by atoms with Crippen molar-refractivity contribution in [1.29, 1.82) is 0 Å². The van der Waals surface area contributed by atoms with Crippen LogP contribution in [0.1, 0.15) is 36.0 Å². The lowest BCUT2D eigenvalue weighted by atomic mass is 9.84. The zero-order valence-electron chi connectivity index (χ0n) is 17.0. The summed E-state index contributed by atoms with van der Waals surface area (Å²) in [5, 5.41) is 17.2. The van der Waals surface area contributed by atoms with Crippen molar-refractivity contribution >= 4 is 28.1 Å². The Hall–Kier alpha value is -2.38. The van der Waals surface area contributed by atoms with Gasteiger partial charge in [-0.1, -0.05) is 15.9 Å². The lowest BCUT2D eigenvalue weighted by Gasteiger charge is -2.40. The molecule has 0 aromatic heterocycles. The van der Waals surface area contributed by atoms with Crippen LogP contribution in [0.2, 0.25) is 0 Å². The summed E-state index contributed by atoms with van der Waals surface area (Å²) in [6.07, 6.45) is 4.64. The molecular formula is C23H26BrN3O3. The molecule has 1 unspecified atom stereocenters. The number of ether oxygens (including phenoxy) is 1. The van der Waals surface area contributed by atoms with Gasteiger partial charge in [-0.25, -0.2) is 0 Å². The molecule has 1 atom stereocenters. The number of benzene rings is 2. The van der Waals surface area contributed by atoms with Crippen molar-refractivity contribution in [3.05, 3.63) is 58.6 Å². The van der Waals surface area contributed by atoms with Gasteiger partial charge in [0.05, 0.1) is 11.6 Å². The van der Waals surface area contributed by atoms with Crippen LogP contribution < -0.4 is 4.74 Å². The maximum Gasteiger partial charge on any atom is 0.253 e. The monoisotopic (exact) mass is 471 g/mol. The fourth-order valence-corrected chi connectivity index (χ4v) is 4.28. The molecule has 2 aliphatic rings. The molecule has 4 rings (SSSR count). The molecule has 6 nitrogen and oxygen atoms in total. The number of hydrogen-bond acceptors (Lipinski definition) is 5. The first-order valence-corrected chi connectivity index (χ1v) is 11.0. The van der Waals surface area contributed by atoms with E-state index in [9.17, 15) is 9.90 Å². The molecule has 0 radical (unpaired) electrons. The highest BCUT2D eigenvalue weighted by Gasteiger charge is 2.37. The molecule has 1 amide bonds. The lowest BCUT2D eigenvalue weighted by Crippen LogP contribution is -2.49. The van der Waals surface area contributed by atoms with Crippen LogP contribution in [0.15, 0.2) is 58.1 Å². The Labute approximate surface area is 185 Å². The molecule has 1 saturated heterocycles. The molecule has 2 aliphatic heterocycles. The minimum absolute atomic E-state index is 0.00596. The second kappa shape index (κ2) is 8.78. The lowest BCUT2D eigenvalue weighted by molar-refractivity contribution is -0.0368. The summed E-state index contributed by atoms with van der Waals surface area (Å²) in [4.78, 5) is 14.7. The van der Waals surface area contributed by atoms with Crippen LogP contribution in [-0.2, 0) is 0 Å². The van der Waals surface area contributed by atoms with E-state index in [1.165, 1.54) is 0 Å². The normalized spacial score (nSPS) is 20.4. The van der Waals surface area contributed by atoms with Gasteiger partial charge in [-0.2, -0.15) is 5.10 Å². The van der Waals surface area contributed by atoms with E-state index in [1.807, 2.05) is 59.6 Å². The zero-order valence-corrected chi connectivity index (χ0v) is 18.6. The van der Waals surface area contributed by atoms with Gasteiger partial charge < -0.3 is 14.7 Å². The molecular weight excluding hydrogens is 446 g/mol. The number of aliphatic hydroxyl groups is 1. The number of piperidine rings is 1. The minimum atomic E-state index is -0.730. The maximum atomic E-state index is 12.9. The Kier molecular flexibility index (Phi) is 6.11. The summed E-state index contributed by atoms with van der Waals surface area (Å²) < 4.78 is 6.81. The number of halogens is 1. The first kappa shape index (κ1) is 20.9. The first-order valence-electron chi connectivity index (χ1n) is 10.2. The number of hydrogen-bond donors (Lipinski definition) is 1. The Morgan fingerprint density at radius 3 is 2.30 bits per heavy atom. The van der Waals surface area contributed by atoms with E-state index in [-0.39, 0.29) is 11.9 Å². The fraction of sp³-hybridized carbons (Fsp3) is 0.391. The third-order valence-corrected chi connectivity index (χ3v) is 6.45. The average Bonchev–Trinajstić information content (AvgIpc) is 3.14. The van der Waals surface area contributed by atoms with Crippen molar-refractivity contribution in [3.63, 3.8) is 0 Å². The van der Waals surface area contributed by atoms with Crippen LogP contribution in [0, 0.1) is 0 Å². The molecule has 7 heteroatoms. The van der Waals surface area contributed by atoms with E-state index in [2.05, 4.69) is 21.0 Å². The Morgan fingerprint density at radius 2 is 1.73 bits per heavy atom. The van der Waals surface area contributed by atoms with Gasteiger partial charge in [-0.15, -0.1) is 0 Å². The third-order valence-electron chi connectivity index (χ3n) is 5.92. The van der Waals surface area contributed by atoms with Gasteiger partial charge >= 0.3 is 0 Å². The fourth-order valence-electron chi connectivity index (χ4n) is 4.02. The first-order chi connectivity index (χ1) is 14.4. The van der Waals surface area contributed by atoms with Crippen molar-refractivity contribution in [1.82, 2.24) is 9.91 Å². The molecule has 0 saturated carbocycles. The van der Waals surface area contributed by atoms with E-state index < -0.39 is 5.60 Å². The highest BCUT2D eigenvalue weighted by atomic mass is 79.9. The van der Waals surface area contributed by atoms with Crippen LogP contribution in [0.4, 0.5) is 0 Å². The highest BCUT2D eigenvalue weighted by Crippen LogP contribution is 2.31. The number of hydrazone groups is 1. The van der Waals surface area contributed by atoms with Gasteiger partial charge in [-0.05, 0) is 67.8 Å². The van der Waals surface area contributed by atoms with Gasteiger partial charge in [-0.3, -0.25) is 9.80 Å². The number of rotatable bonds is 5. The SMILES string of the molecule is CN1N=CCC1CC1(O)CCN(C(=O)c2ccc(Oc3ccc(Br)cc3)cc2)CC1. The molecule has 2 aromatic rings. The highest BCUT2D eigenvalue weighted by molar-refractivity contribution is 9.10. The molecule has 2 aromatic carbocycles. The Bertz CT molecular complexity index is 906. The predicted molar refractivity (Wildman–Crippen MR) is 120 cm³/mol. The average molecular weight is 472 g/mol. The van der Waals surface area contributed by atoms with Crippen molar-refractivity contribution < 1.29 is 14.6 Å². The van der Waals surface area contributed by atoms with Gasteiger partial charge in [0.2, 0.25) is 0 Å². The van der Waals surface area contributed by atoms with E-state index in [0.29, 0.717) is 43.7 Å². The van der Waals surface area contributed by atoms with Crippen molar-refractivity contribution in [2.75, 3.05) is 20.1 Å². The molecule has 1 fully saturated rings. The summed E-state index contributed by atoms with van der Waals surface area (Å²) in [6.45, 7) is 1.12. The number of likely N-dealkylation sites (tertiary alicyclic amines) is 1. The molecule has 1 N–H and O–H groups in total. The number of amides is 1. The molecule has 0 bridgehead atoms. The van der Waals surface area contributed by atoms with Gasteiger partial charge in [0.25, 0.3) is 5.91 Å². The quantitative estimate of drug-likeness (QED) is 0.706. The summed E-state index contributed by atoms with van der Waals surface area (Å²) in [5.74, 6) is 1.42. The Balaban J connectivity index is 1.32. The summed E-state index contributed by atoms with van der Waals surface area (Å²) >= 11 is 3.40. The number of carbonyl (C=O) groups excluding carboxylic acids is 1. The smallest absolute Gasteiger partial charge is 0.253 e. The molecule has 0 spiro atoms. The van der Waals surface area contributed by atoms with Gasteiger partial charge in [0.1, 0.15) is 11.5 Å².